The zero-order valence-corrected chi connectivity index (χ0v) is 10.8. The van der Waals surface area contributed by atoms with Crippen molar-refractivity contribution in [3.63, 3.8) is 0 Å². The highest BCUT2D eigenvalue weighted by atomic mass is 35.5. The van der Waals surface area contributed by atoms with Gasteiger partial charge in [-0.2, -0.15) is 0 Å². The number of benzene rings is 1. The Hall–Kier alpha value is -1.27. The molecule has 0 fully saturated rings. The summed E-state index contributed by atoms with van der Waals surface area (Å²) in [6, 6.07) is 6.32. The van der Waals surface area contributed by atoms with Gasteiger partial charge in [0, 0.05) is 11.4 Å². The van der Waals surface area contributed by atoms with Crippen LogP contribution in [0.5, 0.6) is 0 Å². The van der Waals surface area contributed by atoms with Crippen LogP contribution in [0.1, 0.15) is 6.92 Å². The molecular weight excluding hydrogens is 264 g/mol. The summed E-state index contributed by atoms with van der Waals surface area (Å²) in [5.41, 5.74) is 1.02. The molecular formula is C10H13ClN2O3S. The van der Waals surface area contributed by atoms with E-state index < -0.39 is 10.0 Å². The van der Waals surface area contributed by atoms with E-state index in [-0.39, 0.29) is 17.5 Å². The quantitative estimate of drug-likeness (QED) is 0.803. The predicted molar refractivity (Wildman–Crippen MR) is 68.9 cm³/mol. The van der Waals surface area contributed by atoms with Crippen LogP contribution in [0.3, 0.4) is 0 Å². The molecule has 1 aromatic carbocycles. The molecule has 0 heterocycles. The van der Waals surface area contributed by atoms with Gasteiger partial charge in [0.1, 0.15) is 5.88 Å². The van der Waals surface area contributed by atoms with Gasteiger partial charge in [0.2, 0.25) is 15.9 Å². The second kappa shape index (κ2) is 5.88. The zero-order chi connectivity index (χ0) is 12.9. The molecule has 0 spiro atoms. The summed E-state index contributed by atoms with van der Waals surface area (Å²) in [5.74, 6) is -0.421. The van der Waals surface area contributed by atoms with Crippen LogP contribution in [0.15, 0.2) is 24.3 Å². The maximum Gasteiger partial charge on any atom is 0.239 e. The van der Waals surface area contributed by atoms with Crippen molar-refractivity contribution in [2.75, 3.05) is 21.7 Å². The van der Waals surface area contributed by atoms with E-state index in [0.29, 0.717) is 11.4 Å². The van der Waals surface area contributed by atoms with E-state index in [1.807, 2.05) is 0 Å². The van der Waals surface area contributed by atoms with Gasteiger partial charge in [0.25, 0.3) is 0 Å². The first kappa shape index (κ1) is 13.8. The summed E-state index contributed by atoms with van der Waals surface area (Å²) in [5, 5.41) is 2.55. The minimum absolute atomic E-state index is 0.0116. The molecule has 0 saturated heterocycles. The summed E-state index contributed by atoms with van der Waals surface area (Å²) < 4.78 is 25.0. The lowest BCUT2D eigenvalue weighted by molar-refractivity contribution is -0.113. The first-order valence-corrected chi connectivity index (χ1v) is 7.12. The fraction of sp³-hybridized carbons (Fsp3) is 0.300. The first-order valence-electron chi connectivity index (χ1n) is 4.93. The molecule has 0 unspecified atom stereocenters. The molecule has 7 heteroatoms. The van der Waals surface area contributed by atoms with E-state index in [0.717, 1.165) is 0 Å². The maximum absolute atomic E-state index is 11.3. The van der Waals surface area contributed by atoms with E-state index in [1.165, 1.54) is 0 Å². The van der Waals surface area contributed by atoms with Crippen molar-refractivity contribution < 1.29 is 13.2 Å². The number of amides is 1. The Morgan fingerprint density at radius 1 is 1.24 bits per heavy atom. The molecule has 0 aliphatic heterocycles. The van der Waals surface area contributed by atoms with E-state index in [1.54, 1.807) is 31.2 Å². The number of halogens is 1. The van der Waals surface area contributed by atoms with Gasteiger partial charge in [0.05, 0.1) is 5.75 Å². The van der Waals surface area contributed by atoms with E-state index in [2.05, 4.69) is 10.0 Å². The number of alkyl halides is 1. The number of nitrogens with one attached hydrogen (secondary N) is 2. The normalized spacial score (nSPS) is 10.9. The fourth-order valence-corrected chi connectivity index (χ4v) is 1.77. The Morgan fingerprint density at radius 3 is 2.24 bits per heavy atom. The number of carbonyl (C=O) groups is 1. The van der Waals surface area contributed by atoms with Crippen molar-refractivity contribution >= 4 is 38.9 Å². The largest absolute Gasteiger partial charge is 0.325 e. The average molecular weight is 277 g/mol. The molecule has 2 N–H and O–H groups in total. The minimum atomic E-state index is -3.27. The van der Waals surface area contributed by atoms with Gasteiger partial charge in [0.15, 0.2) is 0 Å². The van der Waals surface area contributed by atoms with Crippen LogP contribution in [0, 0.1) is 0 Å². The Labute approximate surface area is 105 Å². The van der Waals surface area contributed by atoms with Crippen molar-refractivity contribution in [3.05, 3.63) is 24.3 Å². The van der Waals surface area contributed by atoms with Crippen LogP contribution in [-0.2, 0) is 14.8 Å². The number of hydrogen-bond acceptors (Lipinski definition) is 3. The second-order valence-electron chi connectivity index (χ2n) is 3.26. The van der Waals surface area contributed by atoms with Crippen LogP contribution >= 0.6 is 11.6 Å². The van der Waals surface area contributed by atoms with Crippen molar-refractivity contribution in [2.45, 2.75) is 6.92 Å². The lowest BCUT2D eigenvalue weighted by atomic mass is 10.3. The summed E-state index contributed by atoms with van der Waals surface area (Å²) >= 11 is 5.34. The molecule has 1 amide bonds. The topological polar surface area (TPSA) is 75.3 Å². The highest BCUT2D eigenvalue weighted by molar-refractivity contribution is 7.92. The minimum Gasteiger partial charge on any atom is -0.325 e. The van der Waals surface area contributed by atoms with E-state index >= 15 is 0 Å². The average Bonchev–Trinajstić information content (AvgIpc) is 2.31. The Balaban J connectivity index is 2.72. The molecule has 0 aliphatic rings. The Morgan fingerprint density at radius 2 is 1.76 bits per heavy atom. The third-order valence-corrected chi connectivity index (χ3v) is 3.49. The molecule has 1 rings (SSSR count). The molecule has 0 saturated carbocycles. The molecule has 94 valence electrons. The summed E-state index contributed by atoms with van der Waals surface area (Å²) in [6.45, 7) is 1.55. The molecule has 0 aromatic heterocycles. The first-order chi connectivity index (χ1) is 7.96. The molecule has 0 atom stereocenters. The summed E-state index contributed by atoms with van der Waals surface area (Å²) in [4.78, 5) is 11.0. The van der Waals surface area contributed by atoms with Gasteiger partial charge in [-0.25, -0.2) is 8.42 Å². The lowest BCUT2D eigenvalue weighted by Crippen LogP contribution is -2.15. The number of carbonyl (C=O) groups excluding carboxylic acids is 1. The number of sulfonamides is 1. The van der Waals surface area contributed by atoms with E-state index in [9.17, 15) is 13.2 Å². The lowest BCUT2D eigenvalue weighted by Gasteiger charge is -2.07. The molecule has 0 bridgehead atoms. The standard InChI is InChI=1S/C10H13ClN2O3S/c1-2-17(15,16)13-9-5-3-8(4-6-9)12-10(14)7-11/h3-6,13H,2,7H2,1H3,(H,12,14). The van der Waals surface area contributed by atoms with Crippen LogP contribution in [-0.4, -0.2) is 26.0 Å². The smallest absolute Gasteiger partial charge is 0.239 e. The van der Waals surface area contributed by atoms with Crippen LogP contribution < -0.4 is 10.0 Å². The predicted octanol–water partition coefficient (Wildman–Crippen LogP) is 1.63. The van der Waals surface area contributed by atoms with E-state index in [4.69, 9.17) is 11.6 Å². The number of rotatable bonds is 5. The van der Waals surface area contributed by atoms with Crippen molar-refractivity contribution in [1.82, 2.24) is 0 Å². The Bertz CT molecular complexity index is 485. The molecule has 5 nitrogen and oxygen atoms in total. The molecule has 0 radical (unpaired) electrons. The van der Waals surface area contributed by atoms with Crippen molar-refractivity contribution in [2.24, 2.45) is 0 Å². The van der Waals surface area contributed by atoms with Crippen LogP contribution in [0.2, 0.25) is 0 Å². The summed E-state index contributed by atoms with van der Waals surface area (Å²) in [6.07, 6.45) is 0. The van der Waals surface area contributed by atoms with Crippen molar-refractivity contribution in [1.29, 1.82) is 0 Å². The number of hydrogen-bond donors (Lipinski definition) is 2. The van der Waals surface area contributed by atoms with Gasteiger partial charge < -0.3 is 5.32 Å². The van der Waals surface area contributed by atoms with Gasteiger partial charge in [-0.1, -0.05) is 0 Å². The highest BCUT2D eigenvalue weighted by Crippen LogP contribution is 2.14. The molecule has 1 aromatic rings. The van der Waals surface area contributed by atoms with Crippen molar-refractivity contribution in [3.8, 4) is 0 Å². The third kappa shape index (κ3) is 4.62. The summed E-state index contributed by atoms with van der Waals surface area (Å²) in [7, 11) is -3.27. The second-order valence-corrected chi connectivity index (χ2v) is 5.54. The maximum atomic E-state index is 11.3. The van der Waals surface area contributed by atoms with Crippen LogP contribution in [0.4, 0.5) is 11.4 Å². The van der Waals surface area contributed by atoms with Gasteiger partial charge in [-0.15, -0.1) is 11.6 Å². The third-order valence-electron chi connectivity index (χ3n) is 1.94. The SMILES string of the molecule is CCS(=O)(=O)Nc1ccc(NC(=O)CCl)cc1. The number of anilines is 2. The van der Waals surface area contributed by atoms with Gasteiger partial charge in [-0.3, -0.25) is 9.52 Å². The molecule has 0 aliphatic carbocycles. The Kier molecular flexibility index (Phi) is 4.77. The zero-order valence-electron chi connectivity index (χ0n) is 9.23. The van der Waals surface area contributed by atoms with Gasteiger partial charge in [-0.05, 0) is 31.2 Å². The molecule has 17 heavy (non-hydrogen) atoms. The van der Waals surface area contributed by atoms with Gasteiger partial charge >= 0.3 is 0 Å². The fourth-order valence-electron chi connectivity index (χ4n) is 1.07. The van der Waals surface area contributed by atoms with Crippen LogP contribution in [0.25, 0.3) is 0 Å². The highest BCUT2D eigenvalue weighted by Gasteiger charge is 2.06. The monoisotopic (exact) mass is 276 g/mol.